The first-order valence-electron chi connectivity index (χ1n) is 4.92. The number of aryl methyl sites for hydroxylation is 2. The Balaban J connectivity index is 2.42. The third kappa shape index (κ3) is 1.82. The molecular formula is C12H11N2O2-. The fourth-order valence-corrected chi connectivity index (χ4v) is 1.47. The molecule has 0 unspecified atom stereocenters. The summed E-state index contributed by atoms with van der Waals surface area (Å²) in [5.74, 6) is -1.25. The van der Waals surface area contributed by atoms with Crippen LogP contribution in [0.3, 0.4) is 0 Å². The summed E-state index contributed by atoms with van der Waals surface area (Å²) in [5.41, 5.74) is 3.84. The monoisotopic (exact) mass is 215 g/mol. The number of nitrogens with zero attached hydrogens (tertiary/aromatic N) is 1. The number of rotatable bonds is 2. The Bertz CT molecular complexity index is 544. The zero-order valence-electron chi connectivity index (χ0n) is 9.07. The van der Waals surface area contributed by atoms with E-state index in [0.29, 0.717) is 5.69 Å². The molecule has 0 atom stereocenters. The summed E-state index contributed by atoms with van der Waals surface area (Å²) < 4.78 is 0. The van der Waals surface area contributed by atoms with E-state index >= 15 is 0 Å². The molecule has 1 aromatic heterocycles. The number of aromatic amines is 1. The highest BCUT2D eigenvalue weighted by atomic mass is 16.4. The Hall–Kier alpha value is -2.10. The van der Waals surface area contributed by atoms with Crippen molar-refractivity contribution in [3.8, 4) is 11.3 Å². The Morgan fingerprint density at radius 3 is 2.56 bits per heavy atom. The lowest BCUT2D eigenvalue weighted by Gasteiger charge is -2.01. The van der Waals surface area contributed by atoms with Gasteiger partial charge in [0.1, 0.15) is 0 Å². The van der Waals surface area contributed by atoms with E-state index in [0.717, 1.165) is 11.1 Å². The number of aromatic carboxylic acids is 1. The van der Waals surface area contributed by atoms with Gasteiger partial charge in [-0.3, -0.25) is 5.10 Å². The second-order valence-corrected chi connectivity index (χ2v) is 3.75. The first-order chi connectivity index (χ1) is 7.58. The molecular weight excluding hydrogens is 204 g/mol. The number of carbonyl (C=O) groups excluding carboxylic acids is 1. The van der Waals surface area contributed by atoms with Crippen LogP contribution in [0.2, 0.25) is 0 Å². The standard InChI is InChI=1S/C12H12N2O2/c1-7-3-4-9(5-8(7)2)10-6-11(12(15)16)14-13-10/h3-6H,1-2H3,(H,13,14)(H,15,16)/p-1. The highest BCUT2D eigenvalue weighted by Gasteiger charge is 2.05. The van der Waals surface area contributed by atoms with Gasteiger partial charge in [-0.05, 0) is 37.1 Å². The minimum absolute atomic E-state index is 0.00627. The lowest BCUT2D eigenvalue weighted by molar-refractivity contribution is -0.255. The first-order valence-corrected chi connectivity index (χ1v) is 4.92. The van der Waals surface area contributed by atoms with Gasteiger partial charge in [0.05, 0.1) is 17.4 Å². The van der Waals surface area contributed by atoms with Gasteiger partial charge in [-0.25, -0.2) is 0 Å². The molecule has 16 heavy (non-hydrogen) atoms. The maximum Gasteiger partial charge on any atom is 0.0927 e. The summed E-state index contributed by atoms with van der Waals surface area (Å²) in [7, 11) is 0. The quantitative estimate of drug-likeness (QED) is 0.814. The Morgan fingerprint density at radius 1 is 1.25 bits per heavy atom. The van der Waals surface area contributed by atoms with E-state index in [9.17, 15) is 9.90 Å². The topological polar surface area (TPSA) is 68.8 Å². The summed E-state index contributed by atoms with van der Waals surface area (Å²) in [6.07, 6.45) is 0. The second-order valence-electron chi connectivity index (χ2n) is 3.75. The van der Waals surface area contributed by atoms with Crippen LogP contribution >= 0.6 is 0 Å². The number of carboxylic acids is 1. The van der Waals surface area contributed by atoms with Crippen molar-refractivity contribution in [1.82, 2.24) is 10.2 Å². The first kappa shape index (κ1) is 10.4. The Labute approximate surface area is 92.9 Å². The van der Waals surface area contributed by atoms with Crippen molar-refractivity contribution in [3.05, 3.63) is 41.1 Å². The van der Waals surface area contributed by atoms with Crippen molar-refractivity contribution in [2.75, 3.05) is 0 Å². The molecule has 4 nitrogen and oxygen atoms in total. The summed E-state index contributed by atoms with van der Waals surface area (Å²) in [4.78, 5) is 10.6. The number of nitrogens with one attached hydrogen (secondary N) is 1. The minimum atomic E-state index is -1.25. The molecule has 0 radical (unpaired) electrons. The van der Waals surface area contributed by atoms with E-state index in [-0.39, 0.29) is 5.69 Å². The Morgan fingerprint density at radius 2 is 2.00 bits per heavy atom. The fraction of sp³-hybridized carbons (Fsp3) is 0.167. The van der Waals surface area contributed by atoms with Crippen molar-refractivity contribution < 1.29 is 9.90 Å². The molecule has 2 aromatic rings. The third-order valence-corrected chi connectivity index (χ3v) is 2.60. The van der Waals surface area contributed by atoms with Crippen LogP contribution in [0.4, 0.5) is 0 Å². The van der Waals surface area contributed by atoms with Crippen molar-refractivity contribution in [1.29, 1.82) is 0 Å². The maximum absolute atomic E-state index is 10.6. The predicted octanol–water partition coefficient (Wildman–Crippen LogP) is 1.06. The number of H-pyrrole nitrogens is 1. The predicted molar refractivity (Wildman–Crippen MR) is 57.8 cm³/mol. The van der Waals surface area contributed by atoms with E-state index in [4.69, 9.17) is 0 Å². The minimum Gasteiger partial charge on any atom is -0.543 e. The van der Waals surface area contributed by atoms with Crippen LogP contribution < -0.4 is 5.11 Å². The van der Waals surface area contributed by atoms with Crippen LogP contribution in [0.5, 0.6) is 0 Å². The van der Waals surface area contributed by atoms with Crippen molar-refractivity contribution in [2.24, 2.45) is 0 Å². The number of benzene rings is 1. The molecule has 0 saturated carbocycles. The Kier molecular flexibility index (Phi) is 2.48. The van der Waals surface area contributed by atoms with Gasteiger partial charge in [-0.2, -0.15) is 5.10 Å². The van der Waals surface area contributed by atoms with Gasteiger partial charge in [0, 0.05) is 5.56 Å². The van der Waals surface area contributed by atoms with Crippen molar-refractivity contribution in [2.45, 2.75) is 13.8 Å². The molecule has 1 N–H and O–H groups in total. The summed E-state index contributed by atoms with van der Waals surface area (Å²) in [5, 5.41) is 16.9. The van der Waals surface area contributed by atoms with Gasteiger partial charge in [0.15, 0.2) is 0 Å². The summed E-state index contributed by atoms with van der Waals surface area (Å²) in [6.45, 7) is 4.03. The van der Waals surface area contributed by atoms with Gasteiger partial charge >= 0.3 is 0 Å². The zero-order valence-corrected chi connectivity index (χ0v) is 9.07. The molecule has 4 heteroatoms. The van der Waals surface area contributed by atoms with E-state index in [2.05, 4.69) is 10.2 Å². The third-order valence-electron chi connectivity index (χ3n) is 2.60. The average Bonchev–Trinajstić information content (AvgIpc) is 2.71. The second kappa shape index (κ2) is 3.81. The van der Waals surface area contributed by atoms with Crippen LogP contribution in [-0.2, 0) is 0 Å². The van der Waals surface area contributed by atoms with E-state index in [1.165, 1.54) is 11.6 Å². The number of hydrogen-bond donors (Lipinski definition) is 1. The molecule has 0 saturated heterocycles. The van der Waals surface area contributed by atoms with Gasteiger partial charge in [0.2, 0.25) is 0 Å². The molecule has 0 spiro atoms. The lowest BCUT2D eigenvalue weighted by Crippen LogP contribution is -2.22. The molecule has 0 fully saturated rings. The molecule has 1 heterocycles. The molecule has 1 aromatic carbocycles. The molecule has 2 rings (SSSR count). The van der Waals surface area contributed by atoms with Crippen LogP contribution in [0.1, 0.15) is 21.6 Å². The van der Waals surface area contributed by atoms with Crippen LogP contribution in [0.25, 0.3) is 11.3 Å². The number of carbonyl (C=O) groups is 1. The van der Waals surface area contributed by atoms with Gasteiger partial charge in [-0.15, -0.1) is 0 Å². The molecule has 82 valence electrons. The number of carboxylic acid groups (broad SMARTS) is 1. The summed E-state index contributed by atoms with van der Waals surface area (Å²) in [6, 6.07) is 7.35. The smallest absolute Gasteiger partial charge is 0.0927 e. The molecule has 0 amide bonds. The van der Waals surface area contributed by atoms with Crippen LogP contribution in [0, 0.1) is 13.8 Å². The molecule has 0 bridgehead atoms. The van der Waals surface area contributed by atoms with E-state index < -0.39 is 5.97 Å². The van der Waals surface area contributed by atoms with Crippen molar-refractivity contribution >= 4 is 5.97 Å². The molecule has 0 aliphatic rings. The van der Waals surface area contributed by atoms with E-state index in [1.807, 2.05) is 32.0 Å². The molecule has 0 aliphatic carbocycles. The largest absolute Gasteiger partial charge is 0.543 e. The average molecular weight is 215 g/mol. The van der Waals surface area contributed by atoms with E-state index in [1.54, 1.807) is 0 Å². The van der Waals surface area contributed by atoms with Gasteiger partial charge in [-0.1, -0.05) is 12.1 Å². The molecule has 0 aliphatic heterocycles. The lowest BCUT2D eigenvalue weighted by atomic mass is 10.0. The number of aromatic nitrogens is 2. The van der Waals surface area contributed by atoms with Crippen LogP contribution in [0.15, 0.2) is 24.3 Å². The fourth-order valence-electron chi connectivity index (χ4n) is 1.47. The normalized spacial score (nSPS) is 10.4. The zero-order chi connectivity index (χ0) is 11.7. The SMILES string of the molecule is Cc1ccc(-c2cc(C(=O)[O-])[nH]n2)cc1C. The van der Waals surface area contributed by atoms with Crippen molar-refractivity contribution in [3.63, 3.8) is 0 Å². The maximum atomic E-state index is 10.6. The van der Waals surface area contributed by atoms with Crippen LogP contribution in [-0.4, -0.2) is 16.2 Å². The summed E-state index contributed by atoms with van der Waals surface area (Å²) >= 11 is 0. The number of hydrogen-bond acceptors (Lipinski definition) is 3. The highest BCUT2D eigenvalue weighted by Crippen LogP contribution is 2.20. The highest BCUT2D eigenvalue weighted by molar-refractivity contribution is 5.85. The van der Waals surface area contributed by atoms with Gasteiger partial charge < -0.3 is 9.90 Å². The van der Waals surface area contributed by atoms with Gasteiger partial charge in [0.25, 0.3) is 0 Å².